The third-order valence-corrected chi connectivity index (χ3v) is 1.93. The minimum Gasteiger partial charge on any atom is -0.376 e. The number of hydrogen-bond acceptors (Lipinski definition) is 3. The van der Waals surface area contributed by atoms with Crippen LogP contribution in [0.4, 0.5) is 13.2 Å². The van der Waals surface area contributed by atoms with E-state index in [4.69, 9.17) is 16.7 Å². The highest BCUT2D eigenvalue weighted by Crippen LogP contribution is 2.37. The summed E-state index contributed by atoms with van der Waals surface area (Å²) in [7, 11) is 0. The molecule has 1 rings (SSSR count). The van der Waals surface area contributed by atoms with Gasteiger partial charge in [0.1, 0.15) is 0 Å². The first-order valence-electron chi connectivity index (χ1n) is 3.52. The number of alkyl halides is 3. The van der Waals surface area contributed by atoms with Crippen LogP contribution in [0.15, 0.2) is 12.4 Å². The molecular weight excluding hydrogens is 221 g/mol. The highest BCUT2D eigenvalue weighted by Gasteiger charge is 2.51. The first-order chi connectivity index (χ1) is 6.25. The van der Waals surface area contributed by atoms with E-state index in [9.17, 15) is 13.2 Å². The summed E-state index contributed by atoms with van der Waals surface area (Å²) in [5.74, 6) is 0. The molecule has 0 saturated heterocycles. The summed E-state index contributed by atoms with van der Waals surface area (Å²) >= 11 is 5.29. The molecule has 1 aromatic rings. The van der Waals surface area contributed by atoms with Crippen molar-refractivity contribution in [3.05, 3.63) is 23.2 Å². The Hall–Kier alpha value is -0.880. The minimum absolute atomic E-state index is 0.174. The Labute approximate surface area is 82.6 Å². The Morgan fingerprint density at radius 1 is 1.29 bits per heavy atom. The van der Waals surface area contributed by atoms with Crippen molar-refractivity contribution >= 4 is 11.6 Å². The number of aromatic nitrogens is 2. The lowest BCUT2D eigenvalue weighted by molar-refractivity contribution is -0.259. The molecular formula is C7H6ClF3N2O. The van der Waals surface area contributed by atoms with E-state index in [1.165, 1.54) is 0 Å². The Balaban J connectivity index is 3.10. The van der Waals surface area contributed by atoms with Gasteiger partial charge in [-0.2, -0.15) is 13.2 Å². The van der Waals surface area contributed by atoms with Crippen molar-refractivity contribution in [1.82, 2.24) is 9.97 Å². The monoisotopic (exact) mass is 226 g/mol. The zero-order valence-corrected chi connectivity index (χ0v) is 7.76. The molecule has 0 bridgehead atoms. The van der Waals surface area contributed by atoms with Gasteiger partial charge in [-0.3, -0.25) is 0 Å². The zero-order chi connectivity index (χ0) is 11.0. The standard InChI is InChI=1S/C7H6ClF3N2O/c1-6(14,7(9,10)11)4-2-12-5(8)13-3-4/h2-3,14H,1H3. The van der Waals surface area contributed by atoms with E-state index in [2.05, 4.69) is 9.97 Å². The Bertz CT molecular complexity index is 323. The lowest BCUT2D eigenvalue weighted by atomic mass is 9.99. The summed E-state index contributed by atoms with van der Waals surface area (Å²) in [6, 6.07) is 0. The lowest BCUT2D eigenvalue weighted by Crippen LogP contribution is -2.39. The fraction of sp³-hybridized carbons (Fsp3) is 0.429. The maximum atomic E-state index is 12.3. The van der Waals surface area contributed by atoms with E-state index < -0.39 is 17.3 Å². The molecule has 7 heteroatoms. The maximum absolute atomic E-state index is 12.3. The second kappa shape index (κ2) is 3.36. The van der Waals surface area contributed by atoms with Crippen LogP contribution in [0.5, 0.6) is 0 Å². The van der Waals surface area contributed by atoms with Crippen molar-refractivity contribution in [2.75, 3.05) is 0 Å². The summed E-state index contributed by atoms with van der Waals surface area (Å²) in [5.41, 5.74) is -3.41. The molecule has 0 fully saturated rings. The Morgan fingerprint density at radius 3 is 2.07 bits per heavy atom. The van der Waals surface area contributed by atoms with Gasteiger partial charge in [0, 0.05) is 18.0 Å². The highest BCUT2D eigenvalue weighted by atomic mass is 35.5. The van der Waals surface area contributed by atoms with Gasteiger partial charge in [-0.25, -0.2) is 9.97 Å². The van der Waals surface area contributed by atoms with Gasteiger partial charge in [-0.05, 0) is 18.5 Å². The van der Waals surface area contributed by atoms with Crippen molar-refractivity contribution in [2.45, 2.75) is 18.7 Å². The molecule has 1 heterocycles. The number of halogens is 4. The van der Waals surface area contributed by atoms with Gasteiger partial charge in [0.25, 0.3) is 0 Å². The van der Waals surface area contributed by atoms with E-state index >= 15 is 0 Å². The van der Waals surface area contributed by atoms with Crippen molar-refractivity contribution in [3.63, 3.8) is 0 Å². The molecule has 0 amide bonds. The van der Waals surface area contributed by atoms with Crippen LogP contribution in [0.3, 0.4) is 0 Å². The van der Waals surface area contributed by atoms with Gasteiger partial charge in [0.15, 0.2) is 5.60 Å². The van der Waals surface area contributed by atoms with Gasteiger partial charge in [-0.1, -0.05) is 0 Å². The molecule has 0 saturated carbocycles. The van der Waals surface area contributed by atoms with Gasteiger partial charge in [-0.15, -0.1) is 0 Å². The average molecular weight is 227 g/mol. The number of rotatable bonds is 1. The fourth-order valence-corrected chi connectivity index (χ4v) is 0.825. The van der Waals surface area contributed by atoms with Crippen LogP contribution in [-0.4, -0.2) is 21.3 Å². The number of nitrogens with zero attached hydrogens (tertiary/aromatic N) is 2. The smallest absolute Gasteiger partial charge is 0.376 e. The lowest BCUT2D eigenvalue weighted by Gasteiger charge is -2.25. The van der Waals surface area contributed by atoms with Gasteiger partial charge in [0.05, 0.1) is 0 Å². The molecule has 0 radical (unpaired) electrons. The van der Waals surface area contributed by atoms with E-state index in [1.807, 2.05) is 0 Å². The van der Waals surface area contributed by atoms with Crippen LogP contribution in [0.2, 0.25) is 5.28 Å². The summed E-state index contributed by atoms with van der Waals surface area (Å²) in [6.45, 7) is 0.625. The predicted molar refractivity (Wildman–Crippen MR) is 42.7 cm³/mol. The summed E-state index contributed by atoms with van der Waals surface area (Å²) in [5, 5.41) is 8.99. The number of hydrogen-bond donors (Lipinski definition) is 1. The molecule has 14 heavy (non-hydrogen) atoms. The van der Waals surface area contributed by atoms with E-state index in [0.29, 0.717) is 6.92 Å². The normalized spacial score (nSPS) is 16.4. The van der Waals surface area contributed by atoms with E-state index in [1.54, 1.807) is 0 Å². The predicted octanol–water partition coefficient (Wildman–Crippen LogP) is 1.90. The molecule has 0 aromatic carbocycles. The molecule has 3 nitrogen and oxygen atoms in total. The largest absolute Gasteiger partial charge is 0.421 e. The van der Waals surface area contributed by atoms with Crippen LogP contribution in [0, 0.1) is 0 Å². The van der Waals surface area contributed by atoms with Gasteiger partial charge < -0.3 is 5.11 Å². The van der Waals surface area contributed by atoms with Crippen molar-refractivity contribution in [2.24, 2.45) is 0 Å². The zero-order valence-electron chi connectivity index (χ0n) is 7.01. The van der Waals surface area contributed by atoms with Crippen LogP contribution in [0.1, 0.15) is 12.5 Å². The van der Waals surface area contributed by atoms with Crippen LogP contribution in [-0.2, 0) is 5.60 Å². The highest BCUT2D eigenvalue weighted by molar-refractivity contribution is 6.28. The summed E-state index contributed by atoms with van der Waals surface area (Å²) in [6.07, 6.45) is -3.10. The maximum Gasteiger partial charge on any atom is 0.421 e. The fourth-order valence-electron chi connectivity index (χ4n) is 0.727. The molecule has 0 aliphatic rings. The first-order valence-corrected chi connectivity index (χ1v) is 3.90. The van der Waals surface area contributed by atoms with Crippen molar-refractivity contribution in [3.8, 4) is 0 Å². The molecule has 78 valence electrons. The molecule has 1 atom stereocenters. The average Bonchev–Trinajstić information content (AvgIpc) is 2.03. The van der Waals surface area contributed by atoms with Crippen molar-refractivity contribution < 1.29 is 18.3 Å². The third-order valence-electron chi connectivity index (χ3n) is 1.73. The number of aliphatic hydroxyl groups is 1. The van der Waals surface area contributed by atoms with Crippen LogP contribution >= 0.6 is 11.6 Å². The first kappa shape index (κ1) is 11.2. The third kappa shape index (κ3) is 1.96. The Kier molecular flexibility index (Phi) is 2.69. The molecule has 0 aliphatic carbocycles. The molecule has 1 unspecified atom stereocenters. The second-order valence-electron chi connectivity index (χ2n) is 2.81. The van der Waals surface area contributed by atoms with Gasteiger partial charge >= 0.3 is 6.18 Å². The van der Waals surface area contributed by atoms with Crippen LogP contribution in [0.25, 0.3) is 0 Å². The molecule has 0 spiro atoms. The summed E-state index contributed by atoms with van der Waals surface area (Å²) < 4.78 is 36.8. The topological polar surface area (TPSA) is 46.0 Å². The molecule has 1 N–H and O–H groups in total. The minimum atomic E-state index is -4.77. The van der Waals surface area contributed by atoms with Gasteiger partial charge in [0.2, 0.25) is 5.28 Å². The molecule has 1 aromatic heterocycles. The summed E-state index contributed by atoms with van der Waals surface area (Å²) in [4.78, 5) is 6.71. The van der Waals surface area contributed by atoms with E-state index in [-0.39, 0.29) is 5.28 Å². The molecule has 0 aliphatic heterocycles. The second-order valence-corrected chi connectivity index (χ2v) is 3.15. The Morgan fingerprint density at radius 2 is 1.71 bits per heavy atom. The van der Waals surface area contributed by atoms with Crippen molar-refractivity contribution in [1.29, 1.82) is 0 Å². The van der Waals surface area contributed by atoms with E-state index in [0.717, 1.165) is 12.4 Å². The quantitative estimate of drug-likeness (QED) is 0.744. The van der Waals surface area contributed by atoms with Crippen LogP contribution < -0.4 is 0 Å². The SMILES string of the molecule is CC(O)(c1cnc(Cl)nc1)C(F)(F)F.